The van der Waals surface area contributed by atoms with E-state index in [4.69, 9.17) is 0 Å². The second-order valence-electron chi connectivity index (χ2n) is 6.88. The summed E-state index contributed by atoms with van der Waals surface area (Å²) in [4.78, 5) is 19.2. The molecule has 0 radical (unpaired) electrons. The fraction of sp³-hybridized carbons (Fsp3) is 0.250. The number of carbonyl (C=O) groups excluding carboxylic acids is 1. The number of anilines is 3. The zero-order valence-electron chi connectivity index (χ0n) is 17.3. The predicted molar refractivity (Wildman–Crippen MR) is 121 cm³/mol. The van der Waals surface area contributed by atoms with E-state index in [-0.39, 0.29) is 5.91 Å². The zero-order chi connectivity index (χ0) is 20.6. The van der Waals surface area contributed by atoms with Crippen molar-refractivity contribution in [2.24, 2.45) is 0 Å². The summed E-state index contributed by atoms with van der Waals surface area (Å²) in [7, 11) is 0. The van der Waals surface area contributed by atoms with Crippen LogP contribution in [0.5, 0.6) is 0 Å². The van der Waals surface area contributed by atoms with Gasteiger partial charge in [-0.1, -0.05) is 24.3 Å². The minimum Gasteiger partial charge on any atom is -0.372 e. The molecular formula is C24H28N4O. The van der Waals surface area contributed by atoms with Crippen LogP contribution in [0.15, 0.2) is 66.9 Å². The third-order valence-corrected chi connectivity index (χ3v) is 5.00. The van der Waals surface area contributed by atoms with Crippen LogP contribution in [0, 0.1) is 6.92 Å². The fourth-order valence-electron chi connectivity index (χ4n) is 3.21. The van der Waals surface area contributed by atoms with Gasteiger partial charge in [-0.3, -0.25) is 4.79 Å². The van der Waals surface area contributed by atoms with Crippen molar-refractivity contribution in [3.63, 3.8) is 0 Å². The number of aromatic nitrogens is 1. The molecule has 29 heavy (non-hydrogen) atoms. The lowest BCUT2D eigenvalue weighted by molar-refractivity contribution is 0.102. The van der Waals surface area contributed by atoms with Crippen molar-refractivity contribution in [1.29, 1.82) is 0 Å². The van der Waals surface area contributed by atoms with Gasteiger partial charge < -0.3 is 15.5 Å². The first-order valence-corrected chi connectivity index (χ1v) is 10.0. The molecule has 3 rings (SSSR count). The lowest BCUT2D eigenvalue weighted by atomic mass is 10.1. The number of rotatable bonds is 8. The van der Waals surface area contributed by atoms with E-state index in [0.29, 0.717) is 17.9 Å². The Morgan fingerprint density at radius 2 is 1.72 bits per heavy atom. The molecule has 1 heterocycles. The number of benzene rings is 2. The zero-order valence-corrected chi connectivity index (χ0v) is 17.3. The van der Waals surface area contributed by atoms with Crippen molar-refractivity contribution in [1.82, 2.24) is 4.98 Å². The van der Waals surface area contributed by atoms with Gasteiger partial charge in [-0.25, -0.2) is 4.98 Å². The van der Waals surface area contributed by atoms with Crippen LogP contribution >= 0.6 is 0 Å². The highest BCUT2D eigenvalue weighted by Crippen LogP contribution is 2.19. The maximum absolute atomic E-state index is 12.6. The molecule has 0 spiro atoms. The minimum absolute atomic E-state index is 0.151. The lowest BCUT2D eigenvalue weighted by Gasteiger charge is -2.21. The molecule has 0 saturated heterocycles. The first-order valence-electron chi connectivity index (χ1n) is 10.0. The van der Waals surface area contributed by atoms with E-state index in [0.717, 1.165) is 24.5 Å². The summed E-state index contributed by atoms with van der Waals surface area (Å²) in [5.74, 6) is 0.528. The summed E-state index contributed by atoms with van der Waals surface area (Å²) >= 11 is 0. The van der Waals surface area contributed by atoms with E-state index < -0.39 is 0 Å². The Kier molecular flexibility index (Phi) is 6.85. The number of nitrogens with zero attached hydrogens (tertiary/aromatic N) is 2. The van der Waals surface area contributed by atoms with Gasteiger partial charge in [0.05, 0.1) is 0 Å². The molecule has 0 aliphatic heterocycles. The lowest BCUT2D eigenvalue weighted by Crippen LogP contribution is -2.21. The molecule has 0 fully saturated rings. The Hall–Kier alpha value is -3.34. The normalized spacial score (nSPS) is 10.4. The van der Waals surface area contributed by atoms with Crippen molar-refractivity contribution in [2.75, 3.05) is 28.6 Å². The van der Waals surface area contributed by atoms with Gasteiger partial charge in [0, 0.05) is 42.8 Å². The Labute approximate surface area is 172 Å². The maximum atomic E-state index is 12.6. The van der Waals surface area contributed by atoms with Gasteiger partial charge in [-0.15, -0.1) is 0 Å². The SMILES string of the molecule is CCN(CC)c1ccc(NC(=O)c2ccnc(NCc3ccccc3C)c2)cc1. The monoisotopic (exact) mass is 388 g/mol. The Morgan fingerprint density at radius 3 is 2.41 bits per heavy atom. The quantitative estimate of drug-likeness (QED) is 0.564. The number of carbonyl (C=O) groups is 1. The molecule has 1 amide bonds. The van der Waals surface area contributed by atoms with Crippen LogP contribution in [-0.4, -0.2) is 24.0 Å². The topological polar surface area (TPSA) is 57.3 Å². The largest absolute Gasteiger partial charge is 0.372 e. The second-order valence-corrected chi connectivity index (χ2v) is 6.88. The summed E-state index contributed by atoms with van der Waals surface area (Å²) in [6.45, 7) is 8.92. The fourth-order valence-corrected chi connectivity index (χ4v) is 3.21. The Morgan fingerprint density at radius 1 is 1.00 bits per heavy atom. The van der Waals surface area contributed by atoms with Gasteiger partial charge in [-0.05, 0) is 68.3 Å². The van der Waals surface area contributed by atoms with Gasteiger partial charge in [0.2, 0.25) is 0 Å². The van der Waals surface area contributed by atoms with Crippen LogP contribution in [-0.2, 0) is 6.54 Å². The number of hydrogen-bond donors (Lipinski definition) is 2. The van der Waals surface area contributed by atoms with Crippen LogP contribution in [0.4, 0.5) is 17.2 Å². The van der Waals surface area contributed by atoms with E-state index >= 15 is 0 Å². The van der Waals surface area contributed by atoms with Crippen LogP contribution in [0.1, 0.15) is 35.3 Å². The standard InChI is InChI=1S/C24H28N4O/c1-4-28(5-2)22-12-10-21(11-13-22)27-24(29)19-14-15-25-23(16-19)26-17-20-9-7-6-8-18(20)3/h6-16H,4-5,17H2,1-3H3,(H,25,26)(H,27,29). The molecule has 2 aromatic carbocycles. The summed E-state index contributed by atoms with van der Waals surface area (Å²) in [5.41, 5.74) is 4.93. The predicted octanol–water partition coefficient (Wildman–Crippen LogP) is 5.10. The van der Waals surface area contributed by atoms with Gasteiger partial charge in [0.25, 0.3) is 5.91 Å². The van der Waals surface area contributed by atoms with Gasteiger partial charge in [0.1, 0.15) is 5.82 Å². The third kappa shape index (κ3) is 5.35. The van der Waals surface area contributed by atoms with Crippen LogP contribution < -0.4 is 15.5 Å². The highest BCUT2D eigenvalue weighted by Gasteiger charge is 2.09. The number of nitrogens with one attached hydrogen (secondary N) is 2. The molecule has 150 valence electrons. The number of amides is 1. The van der Waals surface area contributed by atoms with E-state index in [1.54, 1.807) is 18.3 Å². The number of pyridine rings is 1. The first-order chi connectivity index (χ1) is 14.1. The molecule has 0 atom stereocenters. The molecule has 0 saturated carbocycles. The first kappa shape index (κ1) is 20.4. The summed E-state index contributed by atoms with van der Waals surface area (Å²) in [5, 5.41) is 6.25. The molecule has 0 aliphatic rings. The molecule has 0 aliphatic carbocycles. The molecule has 5 heteroatoms. The van der Waals surface area contributed by atoms with Gasteiger partial charge >= 0.3 is 0 Å². The van der Waals surface area contributed by atoms with E-state index in [9.17, 15) is 4.79 Å². The second kappa shape index (κ2) is 9.73. The molecule has 1 aromatic heterocycles. The van der Waals surface area contributed by atoms with Crippen molar-refractivity contribution in [2.45, 2.75) is 27.3 Å². The van der Waals surface area contributed by atoms with Crippen molar-refractivity contribution in [3.05, 3.63) is 83.6 Å². The Balaban J connectivity index is 1.64. The molecule has 0 unspecified atom stereocenters. The van der Waals surface area contributed by atoms with Crippen LogP contribution in [0.25, 0.3) is 0 Å². The highest BCUT2D eigenvalue weighted by molar-refractivity contribution is 6.04. The van der Waals surface area contributed by atoms with E-state index in [2.05, 4.69) is 53.4 Å². The van der Waals surface area contributed by atoms with E-state index in [1.165, 1.54) is 11.1 Å². The van der Waals surface area contributed by atoms with Gasteiger partial charge in [-0.2, -0.15) is 0 Å². The maximum Gasteiger partial charge on any atom is 0.255 e. The van der Waals surface area contributed by atoms with Crippen LogP contribution in [0.2, 0.25) is 0 Å². The van der Waals surface area contributed by atoms with Crippen LogP contribution in [0.3, 0.4) is 0 Å². The molecule has 0 bridgehead atoms. The summed E-state index contributed by atoms with van der Waals surface area (Å²) in [6, 6.07) is 19.6. The number of aryl methyl sites for hydroxylation is 1. The third-order valence-electron chi connectivity index (χ3n) is 5.00. The number of hydrogen-bond acceptors (Lipinski definition) is 4. The summed E-state index contributed by atoms with van der Waals surface area (Å²) < 4.78 is 0. The van der Waals surface area contributed by atoms with Gasteiger partial charge in [0.15, 0.2) is 0 Å². The van der Waals surface area contributed by atoms with Crippen molar-refractivity contribution >= 4 is 23.1 Å². The molecule has 3 aromatic rings. The highest BCUT2D eigenvalue weighted by atomic mass is 16.1. The molecule has 5 nitrogen and oxygen atoms in total. The average Bonchev–Trinajstić information content (AvgIpc) is 2.75. The average molecular weight is 389 g/mol. The molecular weight excluding hydrogens is 360 g/mol. The van der Waals surface area contributed by atoms with Crippen molar-refractivity contribution < 1.29 is 4.79 Å². The smallest absolute Gasteiger partial charge is 0.255 e. The van der Waals surface area contributed by atoms with E-state index in [1.807, 2.05) is 36.4 Å². The van der Waals surface area contributed by atoms with Crippen molar-refractivity contribution in [3.8, 4) is 0 Å². The minimum atomic E-state index is -0.151. The Bertz CT molecular complexity index is 949. The molecule has 2 N–H and O–H groups in total. The summed E-state index contributed by atoms with van der Waals surface area (Å²) in [6.07, 6.45) is 1.65.